The normalized spacial score (nSPS) is 16.1. The maximum Gasteiger partial charge on any atom is 0.225 e. The maximum absolute atomic E-state index is 12.9. The standard InChI is InChI=1S/C23H32N2O5/c1-23(2,3)30-16-18(26)14-24-10-9-22(27)25(15-20-6-5-11-29-20)13-17-12-19(28-4)7-8-21(17)24/h5-8,11-12,18,26H,9-10,13-16H2,1-4H3. The van der Waals surface area contributed by atoms with E-state index in [2.05, 4.69) is 4.90 Å². The van der Waals surface area contributed by atoms with Crippen LogP contribution in [0.3, 0.4) is 0 Å². The quantitative estimate of drug-likeness (QED) is 0.747. The minimum Gasteiger partial charge on any atom is -0.497 e. The molecule has 1 aromatic carbocycles. The number of aliphatic hydroxyl groups excluding tert-OH is 1. The van der Waals surface area contributed by atoms with Gasteiger partial charge in [0, 0.05) is 31.7 Å². The molecule has 1 aliphatic heterocycles. The average Bonchev–Trinajstić information content (AvgIpc) is 3.20. The van der Waals surface area contributed by atoms with Crippen LogP contribution < -0.4 is 9.64 Å². The summed E-state index contributed by atoms with van der Waals surface area (Å²) >= 11 is 0. The number of nitrogens with zero attached hydrogens (tertiary/aromatic N) is 2. The van der Waals surface area contributed by atoms with Gasteiger partial charge in [-0.25, -0.2) is 0 Å². The Labute approximate surface area is 178 Å². The third-order valence-corrected chi connectivity index (χ3v) is 5.00. The molecule has 1 aliphatic rings. The first kappa shape index (κ1) is 22.2. The lowest BCUT2D eigenvalue weighted by Crippen LogP contribution is -2.42. The number of β-amino-alcohol motifs (C(OH)–C–C–N with tert-alkyl or cyclic N) is 1. The second-order valence-corrected chi connectivity index (χ2v) is 8.60. The molecular weight excluding hydrogens is 384 g/mol. The lowest BCUT2D eigenvalue weighted by Gasteiger charge is -2.34. The highest BCUT2D eigenvalue weighted by Gasteiger charge is 2.25. The zero-order valence-electron chi connectivity index (χ0n) is 18.3. The molecule has 30 heavy (non-hydrogen) atoms. The van der Waals surface area contributed by atoms with Crippen molar-refractivity contribution in [3.05, 3.63) is 47.9 Å². The van der Waals surface area contributed by atoms with Gasteiger partial charge >= 0.3 is 0 Å². The molecule has 7 nitrogen and oxygen atoms in total. The molecule has 0 radical (unpaired) electrons. The van der Waals surface area contributed by atoms with Crippen LogP contribution in [-0.2, 0) is 22.6 Å². The number of furan rings is 1. The van der Waals surface area contributed by atoms with E-state index in [0.29, 0.717) is 32.6 Å². The molecule has 0 saturated carbocycles. The highest BCUT2D eigenvalue weighted by Crippen LogP contribution is 2.30. The second kappa shape index (κ2) is 9.53. The van der Waals surface area contributed by atoms with E-state index in [1.165, 1.54) is 0 Å². The van der Waals surface area contributed by atoms with Gasteiger partial charge in [-0.05, 0) is 56.7 Å². The number of fused-ring (bicyclic) bond motifs is 1. The molecular formula is C23H32N2O5. The van der Waals surface area contributed by atoms with Crippen molar-refractivity contribution in [3.8, 4) is 5.75 Å². The molecule has 3 rings (SSSR count). The van der Waals surface area contributed by atoms with Crippen molar-refractivity contribution in [2.24, 2.45) is 0 Å². The Bertz CT molecular complexity index is 829. The average molecular weight is 417 g/mol. The number of carbonyl (C=O) groups excluding carboxylic acids is 1. The fourth-order valence-corrected chi connectivity index (χ4v) is 3.50. The second-order valence-electron chi connectivity index (χ2n) is 8.60. The van der Waals surface area contributed by atoms with Gasteiger partial charge in [-0.3, -0.25) is 4.79 Å². The van der Waals surface area contributed by atoms with Gasteiger partial charge in [-0.2, -0.15) is 0 Å². The monoisotopic (exact) mass is 416 g/mol. The van der Waals surface area contributed by atoms with Crippen LogP contribution in [0.4, 0.5) is 5.69 Å². The summed E-state index contributed by atoms with van der Waals surface area (Å²) in [4.78, 5) is 16.7. The van der Waals surface area contributed by atoms with Crippen LogP contribution in [0.15, 0.2) is 41.0 Å². The molecule has 1 atom stereocenters. The number of carbonyl (C=O) groups is 1. The van der Waals surface area contributed by atoms with Crippen molar-refractivity contribution in [2.45, 2.75) is 52.0 Å². The lowest BCUT2D eigenvalue weighted by molar-refractivity contribution is -0.132. The largest absolute Gasteiger partial charge is 0.497 e. The molecule has 7 heteroatoms. The summed E-state index contributed by atoms with van der Waals surface area (Å²) in [5.41, 5.74) is 1.64. The first-order chi connectivity index (χ1) is 14.2. The van der Waals surface area contributed by atoms with E-state index in [9.17, 15) is 9.90 Å². The van der Waals surface area contributed by atoms with E-state index in [1.807, 2.05) is 51.1 Å². The Morgan fingerprint density at radius 3 is 2.70 bits per heavy atom. The smallest absolute Gasteiger partial charge is 0.225 e. The summed E-state index contributed by atoms with van der Waals surface area (Å²) in [6.45, 7) is 7.89. The van der Waals surface area contributed by atoms with E-state index < -0.39 is 6.10 Å². The van der Waals surface area contributed by atoms with Crippen LogP contribution >= 0.6 is 0 Å². The first-order valence-electron chi connectivity index (χ1n) is 10.3. The number of anilines is 1. The van der Waals surface area contributed by atoms with Gasteiger partial charge in [0.15, 0.2) is 0 Å². The van der Waals surface area contributed by atoms with Gasteiger partial charge < -0.3 is 28.8 Å². The van der Waals surface area contributed by atoms with Crippen LogP contribution in [0.5, 0.6) is 5.75 Å². The van der Waals surface area contributed by atoms with E-state index in [0.717, 1.165) is 22.8 Å². The van der Waals surface area contributed by atoms with E-state index >= 15 is 0 Å². The topological polar surface area (TPSA) is 75.4 Å². The molecule has 0 bridgehead atoms. The van der Waals surface area contributed by atoms with Crippen LogP contribution in [-0.4, -0.2) is 54.4 Å². The number of rotatable bonds is 7. The lowest BCUT2D eigenvalue weighted by atomic mass is 10.1. The Hall–Kier alpha value is -2.51. The van der Waals surface area contributed by atoms with Gasteiger partial charge in [0.25, 0.3) is 0 Å². The number of hydrogen-bond donors (Lipinski definition) is 1. The van der Waals surface area contributed by atoms with Gasteiger partial charge in [0.2, 0.25) is 5.91 Å². The molecule has 2 heterocycles. The van der Waals surface area contributed by atoms with Gasteiger partial charge in [0.1, 0.15) is 11.5 Å². The van der Waals surface area contributed by atoms with E-state index in [4.69, 9.17) is 13.9 Å². The number of ether oxygens (including phenoxy) is 2. The number of hydrogen-bond acceptors (Lipinski definition) is 6. The molecule has 2 aromatic rings. The molecule has 1 amide bonds. The molecule has 0 spiro atoms. The van der Waals surface area contributed by atoms with Gasteiger partial charge in [0.05, 0.1) is 38.2 Å². The SMILES string of the molecule is COc1ccc2c(c1)CN(Cc1ccco1)C(=O)CCN2CC(O)COC(C)(C)C. The highest BCUT2D eigenvalue weighted by atomic mass is 16.5. The van der Waals surface area contributed by atoms with E-state index in [-0.39, 0.29) is 18.1 Å². The summed E-state index contributed by atoms with van der Waals surface area (Å²) in [6.07, 6.45) is 1.32. The summed E-state index contributed by atoms with van der Waals surface area (Å²) in [6, 6.07) is 9.55. The van der Waals surface area contributed by atoms with Crippen LogP contribution in [0.2, 0.25) is 0 Å². The van der Waals surface area contributed by atoms with E-state index in [1.54, 1.807) is 18.3 Å². The third-order valence-electron chi connectivity index (χ3n) is 5.00. The zero-order valence-corrected chi connectivity index (χ0v) is 18.3. The zero-order chi connectivity index (χ0) is 21.7. The number of benzene rings is 1. The predicted octanol–water partition coefficient (Wildman–Crippen LogP) is 3.20. The molecule has 0 aliphatic carbocycles. The van der Waals surface area contributed by atoms with Crippen LogP contribution in [0.1, 0.15) is 38.5 Å². The maximum atomic E-state index is 12.9. The Morgan fingerprint density at radius 1 is 1.23 bits per heavy atom. The van der Waals surface area contributed by atoms with Crippen LogP contribution in [0.25, 0.3) is 0 Å². The Kier molecular flexibility index (Phi) is 7.05. The van der Waals surface area contributed by atoms with Gasteiger partial charge in [-0.15, -0.1) is 0 Å². The summed E-state index contributed by atoms with van der Waals surface area (Å²) in [5.74, 6) is 1.53. The van der Waals surface area contributed by atoms with Crippen molar-refractivity contribution >= 4 is 11.6 Å². The molecule has 1 unspecified atom stereocenters. The van der Waals surface area contributed by atoms with Crippen molar-refractivity contribution in [2.75, 3.05) is 31.7 Å². The first-order valence-corrected chi connectivity index (χ1v) is 10.3. The highest BCUT2D eigenvalue weighted by molar-refractivity contribution is 5.78. The predicted molar refractivity (Wildman–Crippen MR) is 114 cm³/mol. The molecule has 0 fully saturated rings. The van der Waals surface area contributed by atoms with Crippen molar-refractivity contribution in [3.63, 3.8) is 0 Å². The molecule has 1 N–H and O–H groups in total. The summed E-state index contributed by atoms with van der Waals surface area (Å²) in [7, 11) is 1.63. The number of methoxy groups -OCH3 is 1. The minimum atomic E-state index is -0.659. The third kappa shape index (κ3) is 6.00. The molecule has 1 aromatic heterocycles. The fraction of sp³-hybridized carbons (Fsp3) is 0.522. The van der Waals surface area contributed by atoms with Crippen molar-refractivity contribution in [1.29, 1.82) is 0 Å². The molecule has 0 saturated heterocycles. The van der Waals surface area contributed by atoms with Crippen LogP contribution in [0, 0.1) is 0 Å². The number of amides is 1. The van der Waals surface area contributed by atoms with Crippen molar-refractivity contribution < 1.29 is 23.8 Å². The Morgan fingerprint density at radius 2 is 2.03 bits per heavy atom. The minimum absolute atomic E-state index is 0.0466. The van der Waals surface area contributed by atoms with Gasteiger partial charge in [-0.1, -0.05) is 0 Å². The number of aliphatic hydroxyl groups is 1. The summed E-state index contributed by atoms with van der Waals surface area (Å²) in [5, 5.41) is 10.5. The summed E-state index contributed by atoms with van der Waals surface area (Å²) < 4.78 is 16.6. The molecule has 164 valence electrons. The Balaban J connectivity index is 1.81. The fourth-order valence-electron chi connectivity index (χ4n) is 3.50. The van der Waals surface area contributed by atoms with Crippen molar-refractivity contribution in [1.82, 2.24) is 4.90 Å².